The summed E-state index contributed by atoms with van der Waals surface area (Å²) in [5, 5.41) is 15.3. The Morgan fingerprint density at radius 2 is 1.76 bits per heavy atom. The van der Waals surface area contributed by atoms with Gasteiger partial charge >= 0.3 is 5.97 Å². The third-order valence-electron chi connectivity index (χ3n) is 4.48. The average Bonchev–Trinajstić information content (AvgIpc) is 2.55. The Hall–Kier alpha value is -2.08. The molecule has 0 radical (unpaired) electrons. The highest BCUT2D eigenvalue weighted by molar-refractivity contribution is 6.30. The molecule has 1 aliphatic rings. The van der Waals surface area contributed by atoms with E-state index in [0.717, 1.165) is 5.56 Å². The van der Waals surface area contributed by atoms with Crippen molar-refractivity contribution < 1.29 is 19.5 Å². The Bertz CT molecular complexity index is 624. The van der Waals surface area contributed by atoms with Crippen molar-refractivity contribution in [1.29, 1.82) is 0 Å². The lowest BCUT2D eigenvalue weighted by atomic mass is 9.86. The number of hydrogen-bond acceptors (Lipinski definition) is 3. The van der Waals surface area contributed by atoms with Crippen LogP contribution in [0.2, 0.25) is 5.02 Å². The summed E-state index contributed by atoms with van der Waals surface area (Å²) in [5.74, 6) is -1.45. The van der Waals surface area contributed by atoms with Gasteiger partial charge in [0.1, 0.15) is 0 Å². The van der Waals surface area contributed by atoms with Crippen LogP contribution in [0.4, 0.5) is 0 Å². The number of amides is 2. The van der Waals surface area contributed by atoms with Crippen molar-refractivity contribution in [3.05, 3.63) is 34.9 Å². The van der Waals surface area contributed by atoms with Crippen LogP contribution in [0, 0.1) is 5.92 Å². The van der Waals surface area contributed by atoms with E-state index in [-0.39, 0.29) is 30.2 Å². The molecule has 136 valence electrons. The van der Waals surface area contributed by atoms with Crippen LogP contribution in [-0.4, -0.2) is 28.9 Å². The quantitative estimate of drug-likeness (QED) is 0.721. The summed E-state index contributed by atoms with van der Waals surface area (Å²) in [6.45, 7) is 1.41. The number of carbonyl (C=O) groups excluding carboxylic acids is 2. The maximum absolute atomic E-state index is 12.4. The number of rotatable bonds is 6. The number of halogens is 1. The summed E-state index contributed by atoms with van der Waals surface area (Å²) in [6.07, 6.45) is 2.60. The summed E-state index contributed by atoms with van der Waals surface area (Å²) in [4.78, 5) is 34.8. The molecule has 2 amide bonds. The predicted octanol–water partition coefficient (Wildman–Crippen LogP) is 2.67. The van der Waals surface area contributed by atoms with E-state index in [4.69, 9.17) is 16.7 Å². The molecule has 0 aromatic heterocycles. The first-order valence-corrected chi connectivity index (χ1v) is 8.77. The van der Waals surface area contributed by atoms with Crippen LogP contribution in [-0.2, 0) is 14.4 Å². The van der Waals surface area contributed by atoms with Crippen LogP contribution in [0.5, 0.6) is 0 Å². The number of carboxylic acid groups (broad SMARTS) is 1. The summed E-state index contributed by atoms with van der Waals surface area (Å²) in [7, 11) is 0. The fourth-order valence-corrected chi connectivity index (χ4v) is 3.28. The first-order chi connectivity index (χ1) is 11.8. The first-order valence-electron chi connectivity index (χ1n) is 8.40. The Balaban J connectivity index is 1.92. The second-order valence-electron chi connectivity index (χ2n) is 6.46. The van der Waals surface area contributed by atoms with Gasteiger partial charge in [-0.2, -0.15) is 0 Å². The van der Waals surface area contributed by atoms with E-state index in [2.05, 4.69) is 10.6 Å². The molecule has 0 heterocycles. The van der Waals surface area contributed by atoms with Crippen molar-refractivity contribution in [1.82, 2.24) is 10.6 Å². The van der Waals surface area contributed by atoms with Gasteiger partial charge in [-0.1, -0.05) is 23.7 Å². The number of aliphatic carboxylic acids is 1. The topological polar surface area (TPSA) is 95.5 Å². The van der Waals surface area contributed by atoms with Crippen molar-refractivity contribution in [3.63, 3.8) is 0 Å². The van der Waals surface area contributed by atoms with E-state index in [1.54, 1.807) is 24.3 Å². The van der Waals surface area contributed by atoms with Crippen molar-refractivity contribution in [2.75, 3.05) is 0 Å². The zero-order valence-electron chi connectivity index (χ0n) is 14.1. The van der Waals surface area contributed by atoms with Crippen LogP contribution in [0.25, 0.3) is 0 Å². The molecule has 1 aliphatic carbocycles. The van der Waals surface area contributed by atoms with Crippen LogP contribution in [0.15, 0.2) is 24.3 Å². The third-order valence-corrected chi connectivity index (χ3v) is 4.73. The number of carboxylic acids is 1. The smallest absolute Gasteiger partial charge is 0.306 e. The standard InChI is InChI=1S/C18H23ClN2O4/c1-11(22)20-16(12-2-6-14(19)7-3-12)10-17(23)21-15-8-4-13(5-9-15)18(24)25/h2-3,6-7,13,15-16H,4-5,8-10H2,1H3,(H,20,22)(H,21,23)(H,24,25). The minimum absolute atomic E-state index is 0.00806. The number of nitrogens with one attached hydrogen (secondary N) is 2. The third kappa shape index (κ3) is 6.05. The molecule has 0 aliphatic heterocycles. The van der Waals surface area contributed by atoms with Crippen molar-refractivity contribution in [3.8, 4) is 0 Å². The predicted molar refractivity (Wildman–Crippen MR) is 94.2 cm³/mol. The molecular weight excluding hydrogens is 344 g/mol. The fraction of sp³-hybridized carbons (Fsp3) is 0.500. The van der Waals surface area contributed by atoms with Gasteiger partial charge in [0.15, 0.2) is 0 Å². The summed E-state index contributed by atoms with van der Waals surface area (Å²) in [6, 6.07) is 6.58. The molecule has 7 heteroatoms. The minimum atomic E-state index is -0.766. The highest BCUT2D eigenvalue weighted by Crippen LogP contribution is 2.25. The highest BCUT2D eigenvalue weighted by Gasteiger charge is 2.27. The molecule has 1 saturated carbocycles. The lowest BCUT2D eigenvalue weighted by Gasteiger charge is -2.27. The lowest BCUT2D eigenvalue weighted by Crippen LogP contribution is -2.40. The second-order valence-corrected chi connectivity index (χ2v) is 6.90. The van der Waals surface area contributed by atoms with Gasteiger partial charge in [0, 0.05) is 18.0 Å². The van der Waals surface area contributed by atoms with Crippen molar-refractivity contribution in [2.24, 2.45) is 5.92 Å². The van der Waals surface area contributed by atoms with Gasteiger partial charge in [0.25, 0.3) is 0 Å². The number of hydrogen-bond donors (Lipinski definition) is 3. The molecule has 6 nitrogen and oxygen atoms in total. The maximum Gasteiger partial charge on any atom is 0.306 e. The molecule has 1 fully saturated rings. The summed E-state index contributed by atoms with van der Waals surface area (Å²) < 4.78 is 0. The molecule has 25 heavy (non-hydrogen) atoms. The van der Waals surface area contributed by atoms with E-state index in [0.29, 0.717) is 30.7 Å². The summed E-state index contributed by atoms with van der Waals surface area (Å²) in [5.41, 5.74) is 0.810. The van der Waals surface area contributed by atoms with Gasteiger partial charge in [-0.25, -0.2) is 0 Å². The van der Waals surface area contributed by atoms with Gasteiger partial charge in [-0.05, 0) is 43.4 Å². The molecule has 0 spiro atoms. The minimum Gasteiger partial charge on any atom is -0.481 e. The fourth-order valence-electron chi connectivity index (χ4n) is 3.15. The molecule has 1 unspecified atom stereocenters. The zero-order chi connectivity index (χ0) is 18.4. The average molecular weight is 367 g/mol. The number of carbonyl (C=O) groups is 3. The van der Waals surface area contributed by atoms with Crippen LogP contribution in [0.3, 0.4) is 0 Å². The van der Waals surface area contributed by atoms with Crippen LogP contribution >= 0.6 is 11.6 Å². The number of benzene rings is 1. The molecule has 0 saturated heterocycles. The second kappa shape index (κ2) is 8.85. The monoisotopic (exact) mass is 366 g/mol. The Morgan fingerprint density at radius 1 is 1.16 bits per heavy atom. The molecule has 1 aromatic carbocycles. The van der Waals surface area contributed by atoms with Crippen LogP contribution in [0.1, 0.15) is 50.6 Å². The summed E-state index contributed by atoms with van der Waals surface area (Å²) >= 11 is 5.88. The molecular formula is C18H23ClN2O4. The van der Waals surface area contributed by atoms with E-state index >= 15 is 0 Å². The highest BCUT2D eigenvalue weighted by atomic mass is 35.5. The first kappa shape index (κ1) is 19.2. The van der Waals surface area contributed by atoms with E-state index in [9.17, 15) is 14.4 Å². The normalized spacial score (nSPS) is 21.2. The Morgan fingerprint density at radius 3 is 2.28 bits per heavy atom. The van der Waals surface area contributed by atoms with Crippen molar-refractivity contribution in [2.45, 2.75) is 51.1 Å². The van der Waals surface area contributed by atoms with E-state index in [1.165, 1.54) is 6.92 Å². The van der Waals surface area contributed by atoms with Crippen molar-refractivity contribution >= 4 is 29.4 Å². The molecule has 1 atom stereocenters. The van der Waals surface area contributed by atoms with Gasteiger partial charge in [-0.15, -0.1) is 0 Å². The maximum atomic E-state index is 12.4. The molecule has 2 rings (SSSR count). The van der Waals surface area contributed by atoms with Crippen LogP contribution < -0.4 is 10.6 Å². The van der Waals surface area contributed by atoms with Gasteiger partial charge in [-0.3, -0.25) is 14.4 Å². The van der Waals surface area contributed by atoms with Gasteiger partial charge in [0.2, 0.25) is 11.8 Å². The lowest BCUT2D eigenvalue weighted by molar-refractivity contribution is -0.142. The molecule has 3 N–H and O–H groups in total. The van der Waals surface area contributed by atoms with Gasteiger partial charge < -0.3 is 15.7 Å². The zero-order valence-corrected chi connectivity index (χ0v) is 14.9. The largest absolute Gasteiger partial charge is 0.481 e. The van der Waals surface area contributed by atoms with Gasteiger partial charge in [0.05, 0.1) is 18.4 Å². The molecule has 1 aromatic rings. The molecule has 0 bridgehead atoms. The van der Waals surface area contributed by atoms with E-state index < -0.39 is 12.0 Å². The SMILES string of the molecule is CC(=O)NC(CC(=O)NC1CCC(C(=O)O)CC1)c1ccc(Cl)cc1. The van der Waals surface area contributed by atoms with E-state index in [1.807, 2.05) is 0 Å². The Labute approximate surface area is 151 Å². The Kier molecular flexibility index (Phi) is 6.82.